The van der Waals surface area contributed by atoms with Crippen LogP contribution in [-0.2, 0) is 31.4 Å². The Hall–Kier alpha value is -3.00. The molecule has 0 saturated carbocycles. The molecule has 2 rings (SSSR count). The van der Waals surface area contributed by atoms with Crippen molar-refractivity contribution in [3.63, 3.8) is 0 Å². The van der Waals surface area contributed by atoms with E-state index in [0.29, 0.717) is 17.9 Å². The van der Waals surface area contributed by atoms with Crippen LogP contribution in [0.2, 0.25) is 0 Å². The van der Waals surface area contributed by atoms with Crippen LogP contribution < -0.4 is 10.6 Å². The first-order chi connectivity index (χ1) is 15.9. The molecular weight excluding hydrogens is 440 g/mol. The van der Waals surface area contributed by atoms with Crippen molar-refractivity contribution in [2.75, 3.05) is 12.9 Å². The first kappa shape index (κ1) is 26.3. The molecule has 2 aromatic carbocycles. The van der Waals surface area contributed by atoms with Gasteiger partial charge in [-0.1, -0.05) is 74.5 Å². The van der Waals surface area contributed by atoms with Crippen LogP contribution in [-0.4, -0.2) is 42.9 Å². The van der Waals surface area contributed by atoms with E-state index < -0.39 is 30.1 Å². The Bertz CT molecular complexity index is 877. The lowest BCUT2D eigenvalue weighted by Crippen LogP contribution is -2.53. The molecule has 0 heterocycles. The van der Waals surface area contributed by atoms with E-state index >= 15 is 0 Å². The maximum atomic E-state index is 13.0. The number of hydrogen-bond acceptors (Lipinski definition) is 6. The van der Waals surface area contributed by atoms with Crippen molar-refractivity contribution in [3.05, 3.63) is 71.8 Å². The van der Waals surface area contributed by atoms with Gasteiger partial charge < -0.3 is 20.1 Å². The molecule has 0 fully saturated rings. The molecule has 2 atom stereocenters. The fourth-order valence-corrected chi connectivity index (χ4v) is 4.08. The molecular formula is C25H32N2O5S. The Labute approximate surface area is 199 Å². The topological polar surface area (TPSA) is 93.7 Å². The van der Waals surface area contributed by atoms with Crippen molar-refractivity contribution in [2.45, 2.75) is 44.7 Å². The van der Waals surface area contributed by atoms with Gasteiger partial charge in [0.15, 0.2) is 0 Å². The zero-order valence-electron chi connectivity index (χ0n) is 19.3. The Morgan fingerprint density at radius 2 is 1.48 bits per heavy atom. The third-order valence-electron chi connectivity index (χ3n) is 4.73. The molecule has 0 saturated heterocycles. The van der Waals surface area contributed by atoms with Gasteiger partial charge in [0.05, 0.1) is 7.11 Å². The molecule has 0 aliphatic carbocycles. The molecule has 2 N–H and O–H groups in total. The molecule has 0 spiro atoms. The second-order valence-electron chi connectivity index (χ2n) is 7.97. The summed E-state index contributed by atoms with van der Waals surface area (Å²) in [5.74, 6) is 0.195. The van der Waals surface area contributed by atoms with Crippen LogP contribution in [0.4, 0.5) is 4.79 Å². The monoisotopic (exact) mass is 472 g/mol. The predicted octanol–water partition coefficient (Wildman–Crippen LogP) is 3.92. The van der Waals surface area contributed by atoms with Gasteiger partial charge in [0, 0.05) is 11.5 Å². The van der Waals surface area contributed by atoms with E-state index in [2.05, 4.69) is 10.6 Å². The Morgan fingerprint density at radius 3 is 2.06 bits per heavy atom. The van der Waals surface area contributed by atoms with Gasteiger partial charge in [0.2, 0.25) is 5.91 Å². The number of amides is 2. The maximum absolute atomic E-state index is 13.0. The number of benzene rings is 2. The fourth-order valence-electron chi connectivity index (χ4n) is 3.06. The van der Waals surface area contributed by atoms with E-state index in [-0.39, 0.29) is 12.5 Å². The molecule has 178 valence electrons. The van der Waals surface area contributed by atoms with Crippen molar-refractivity contribution < 1.29 is 23.9 Å². The van der Waals surface area contributed by atoms with E-state index in [1.807, 2.05) is 74.5 Å². The van der Waals surface area contributed by atoms with E-state index in [9.17, 15) is 14.4 Å². The number of thioether (sulfide) groups is 1. The number of carbonyl (C=O) groups excluding carboxylic acids is 3. The summed E-state index contributed by atoms with van der Waals surface area (Å²) in [6.07, 6.45) is -0.265. The van der Waals surface area contributed by atoms with Crippen LogP contribution in [0.25, 0.3) is 0 Å². The summed E-state index contributed by atoms with van der Waals surface area (Å²) in [6, 6.07) is 17.5. The first-order valence-corrected chi connectivity index (χ1v) is 12.0. The van der Waals surface area contributed by atoms with Gasteiger partial charge in [0.25, 0.3) is 0 Å². The zero-order valence-corrected chi connectivity index (χ0v) is 20.1. The van der Waals surface area contributed by atoms with Crippen molar-refractivity contribution >= 4 is 29.7 Å². The van der Waals surface area contributed by atoms with Crippen molar-refractivity contribution in [1.29, 1.82) is 0 Å². The van der Waals surface area contributed by atoms with Crippen molar-refractivity contribution in [3.8, 4) is 0 Å². The standard InChI is InChI=1S/C25H32N2O5S/c1-18(2)14-21(24(29)31-3)26-23(28)22(17-33-16-20-12-8-5-9-13-20)27-25(30)32-15-19-10-6-4-7-11-19/h4-13,18,21-22H,14-17H2,1-3H3,(H,26,28)(H,27,30)/t21-,22+/m1/s1. The highest BCUT2D eigenvalue weighted by Crippen LogP contribution is 2.14. The van der Waals surface area contributed by atoms with Crippen LogP contribution in [0, 0.1) is 5.92 Å². The molecule has 2 aromatic rings. The Balaban J connectivity index is 2.01. The summed E-state index contributed by atoms with van der Waals surface area (Å²) in [4.78, 5) is 37.5. The molecule has 0 radical (unpaired) electrons. The van der Waals surface area contributed by atoms with Crippen LogP contribution in [0.3, 0.4) is 0 Å². The molecule has 2 amide bonds. The molecule has 0 aliphatic rings. The summed E-state index contributed by atoms with van der Waals surface area (Å²) in [5.41, 5.74) is 1.95. The lowest BCUT2D eigenvalue weighted by atomic mass is 10.0. The van der Waals surface area contributed by atoms with Crippen molar-refractivity contribution in [1.82, 2.24) is 10.6 Å². The van der Waals surface area contributed by atoms with Gasteiger partial charge in [-0.05, 0) is 23.5 Å². The van der Waals surface area contributed by atoms with Gasteiger partial charge >= 0.3 is 12.1 Å². The summed E-state index contributed by atoms with van der Waals surface area (Å²) in [5, 5.41) is 5.37. The summed E-state index contributed by atoms with van der Waals surface area (Å²) in [7, 11) is 1.29. The molecule has 0 aliphatic heterocycles. The number of ether oxygens (including phenoxy) is 2. The number of methoxy groups -OCH3 is 1. The Kier molecular flexibility index (Phi) is 11.3. The maximum Gasteiger partial charge on any atom is 0.408 e. The summed E-state index contributed by atoms with van der Waals surface area (Å²) in [6.45, 7) is 4.00. The average molecular weight is 473 g/mol. The predicted molar refractivity (Wildman–Crippen MR) is 130 cm³/mol. The molecule has 8 heteroatoms. The molecule has 0 unspecified atom stereocenters. The van der Waals surface area contributed by atoms with Crippen LogP contribution >= 0.6 is 11.8 Å². The number of rotatable bonds is 12. The van der Waals surface area contributed by atoms with E-state index in [4.69, 9.17) is 9.47 Å². The lowest BCUT2D eigenvalue weighted by Gasteiger charge is -2.23. The number of nitrogens with one attached hydrogen (secondary N) is 2. The van der Waals surface area contributed by atoms with Gasteiger partial charge in [0.1, 0.15) is 18.7 Å². The van der Waals surface area contributed by atoms with Crippen LogP contribution in [0.5, 0.6) is 0 Å². The lowest BCUT2D eigenvalue weighted by molar-refractivity contribution is -0.145. The second-order valence-corrected chi connectivity index (χ2v) is 9.00. The quantitative estimate of drug-likeness (QED) is 0.455. The molecule has 0 aromatic heterocycles. The minimum absolute atomic E-state index is 0.0936. The SMILES string of the molecule is COC(=O)[C@@H](CC(C)C)NC(=O)[C@H](CSCc1ccccc1)NC(=O)OCc1ccccc1. The minimum atomic E-state index is -0.874. The summed E-state index contributed by atoms with van der Waals surface area (Å²) >= 11 is 1.51. The van der Waals surface area contributed by atoms with Gasteiger partial charge in [-0.3, -0.25) is 4.79 Å². The largest absolute Gasteiger partial charge is 0.467 e. The molecule has 33 heavy (non-hydrogen) atoms. The highest BCUT2D eigenvalue weighted by Gasteiger charge is 2.28. The van der Waals surface area contributed by atoms with Gasteiger partial charge in [-0.25, -0.2) is 9.59 Å². The highest BCUT2D eigenvalue weighted by atomic mass is 32.2. The van der Waals surface area contributed by atoms with E-state index in [0.717, 1.165) is 11.1 Å². The highest BCUT2D eigenvalue weighted by molar-refractivity contribution is 7.98. The third-order valence-corrected chi connectivity index (χ3v) is 5.83. The normalized spacial score (nSPS) is 12.5. The van der Waals surface area contributed by atoms with E-state index in [1.54, 1.807) is 0 Å². The number of hydrogen-bond donors (Lipinski definition) is 2. The minimum Gasteiger partial charge on any atom is -0.467 e. The van der Waals surface area contributed by atoms with Crippen molar-refractivity contribution in [2.24, 2.45) is 5.92 Å². The van der Waals surface area contributed by atoms with Crippen LogP contribution in [0.15, 0.2) is 60.7 Å². The third kappa shape index (κ3) is 9.99. The number of esters is 1. The van der Waals surface area contributed by atoms with Gasteiger partial charge in [-0.2, -0.15) is 11.8 Å². The van der Waals surface area contributed by atoms with E-state index in [1.165, 1.54) is 18.9 Å². The summed E-state index contributed by atoms with van der Waals surface area (Å²) < 4.78 is 10.1. The number of carbonyl (C=O) groups is 3. The molecule has 7 nitrogen and oxygen atoms in total. The van der Waals surface area contributed by atoms with Crippen LogP contribution in [0.1, 0.15) is 31.4 Å². The number of alkyl carbamates (subject to hydrolysis) is 1. The van der Waals surface area contributed by atoms with Gasteiger partial charge in [-0.15, -0.1) is 0 Å². The fraction of sp³-hybridized carbons (Fsp3) is 0.400. The average Bonchev–Trinajstić information content (AvgIpc) is 2.82. The second kappa shape index (κ2) is 14.2. The smallest absolute Gasteiger partial charge is 0.408 e. The first-order valence-electron chi connectivity index (χ1n) is 10.9. The molecule has 0 bridgehead atoms. The Morgan fingerprint density at radius 1 is 0.879 bits per heavy atom. The zero-order chi connectivity index (χ0) is 24.1.